The summed E-state index contributed by atoms with van der Waals surface area (Å²) in [5.74, 6) is 0.780. The fourth-order valence-electron chi connectivity index (χ4n) is 2.58. The van der Waals surface area contributed by atoms with Gasteiger partial charge in [-0.05, 0) is 46.0 Å². The van der Waals surface area contributed by atoms with Gasteiger partial charge in [-0.3, -0.25) is 0 Å². The van der Waals surface area contributed by atoms with E-state index < -0.39 is 5.60 Å². The second kappa shape index (κ2) is 8.34. The first-order chi connectivity index (χ1) is 11.8. The third kappa shape index (κ3) is 6.39. The molecule has 0 spiro atoms. The standard InChI is InChI=1S/C17H23ClN4O3/c1-17(2,3)25-16(23)22-7-4-12(5-8-22)6-9-24-15-10-13(18)20-14(11-19)21-15/h10,12H,4-9H2,1-3H3. The van der Waals surface area contributed by atoms with Gasteiger partial charge in [0.05, 0.1) is 6.61 Å². The van der Waals surface area contributed by atoms with Crippen LogP contribution in [0.2, 0.25) is 5.15 Å². The number of carbonyl (C=O) groups excluding carboxylic acids is 1. The SMILES string of the molecule is CC(C)(C)OC(=O)N1CCC(CCOc2cc(Cl)nc(C#N)n2)CC1. The van der Waals surface area contributed by atoms with Crippen molar-refractivity contribution in [1.82, 2.24) is 14.9 Å². The minimum Gasteiger partial charge on any atom is -0.478 e. The van der Waals surface area contributed by atoms with Crippen LogP contribution < -0.4 is 4.74 Å². The van der Waals surface area contributed by atoms with Crippen LogP contribution in [0.5, 0.6) is 5.88 Å². The number of carbonyl (C=O) groups is 1. The van der Waals surface area contributed by atoms with E-state index in [-0.39, 0.29) is 17.1 Å². The summed E-state index contributed by atoms with van der Waals surface area (Å²) in [7, 11) is 0. The Morgan fingerprint density at radius 2 is 2.08 bits per heavy atom. The highest BCUT2D eigenvalue weighted by molar-refractivity contribution is 6.29. The first-order valence-corrected chi connectivity index (χ1v) is 8.70. The van der Waals surface area contributed by atoms with E-state index in [2.05, 4.69) is 9.97 Å². The van der Waals surface area contributed by atoms with E-state index in [9.17, 15) is 4.79 Å². The predicted octanol–water partition coefficient (Wildman–Crippen LogP) is 3.42. The average Bonchev–Trinajstić information content (AvgIpc) is 2.53. The summed E-state index contributed by atoms with van der Waals surface area (Å²) in [5, 5.41) is 9.01. The molecule has 25 heavy (non-hydrogen) atoms. The van der Waals surface area contributed by atoms with Gasteiger partial charge >= 0.3 is 6.09 Å². The number of piperidine rings is 1. The molecule has 2 heterocycles. The molecule has 1 fully saturated rings. The average molecular weight is 367 g/mol. The van der Waals surface area contributed by atoms with Crippen LogP contribution in [0, 0.1) is 17.2 Å². The fraction of sp³-hybridized carbons (Fsp3) is 0.647. The molecular formula is C17H23ClN4O3. The smallest absolute Gasteiger partial charge is 0.410 e. The molecule has 0 N–H and O–H groups in total. The maximum Gasteiger partial charge on any atom is 0.410 e. The largest absolute Gasteiger partial charge is 0.478 e. The molecular weight excluding hydrogens is 344 g/mol. The zero-order valence-corrected chi connectivity index (χ0v) is 15.5. The number of halogens is 1. The lowest BCUT2D eigenvalue weighted by molar-refractivity contribution is 0.0177. The summed E-state index contributed by atoms with van der Waals surface area (Å²) in [6.07, 6.45) is 2.43. The molecule has 0 atom stereocenters. The molecule has 0 saturated carbocycles. The number of hydrogen-bond donors (Lipinski definition) is 0. The molecule has 0 radical (unpaired) electrons. The predicted molar refractivity (Wildman–Crippen MR) is 92.4 cm³/mol. The van der Waals surface area contributed by atoms with Gasteiger partial charge in [0.1, 0.15) is 16.8 Å². The number of nitrogens with zero attached hydrogens (tertiary/aromatic N) is 4. The summed E-state index contributed by atoms with van der Waals surface area (Å²) in [4.78, 5) is 21.5. The van der Waals surface area contributed by atoms with Gasteiger partial charge in [-0.2, -0.15) is 10.2 Å². The Balaban J connectivity index is 1.73. The summed E-state index contributed by atoms with van der Waals surface area (Å²) in [6, 6.07) is 3.34. The Morgan fingerprint density at radius 3 is 2.68 bits per heavy atom. The van der Waals surface area contributed by atoms with Crippen molar-refractivity contribution in [3.05, 3.63) is 17.0 Å². The lowest BCUT2D eigenvalue weighted by Crippen LogP contribution is -2.41. The molecule has 1 aliphatic heterocycles. The third-order valence-corrected chi connectivity index (χ3v) is 4.01. The van der Waals surface area contributed by atoms with E-state index in [0.29, 0.717) is 31.5 Å². The van der Waals surface area contributed by atoms with Crippen molar-refractivity contribution in [2.75, 3.05) is 19.7 Å². The molecule has 136 valence electrons. The van der Waals surface area contributed by atoms with Crippen LogP contribution in [-0.4, -0.2) is 46.3 Å². The second-order valence-electron chi connectivity index (χ2n) is 7.01. The minimum atomic E-state index is -0.469. The number of ether oxygens (including phenoxy) is 2. The van der Waals surface area contributed by atoms with Crippen LogP contribution in [0.3, 0.4) is 0 Å². The maximum absolute atomic E-state index is 12.0. The monoisotopic (exact) mass is 366 g/mol. The van der Waals surface area contributed by atoms with Gasteiger partial charge in [0.2, 0.25) is 11.7 Å². The van der Waals surface area contributed by atoms with Gasteiger partial charge in [-0.1, -0.05) is 11.6 Å². The van der Waals surface area contributed by atoms with Gasteiger partial charge in [0.15, 0.2) is 0 Å². The highest BCUT2D eigenvalue weighted by Gasteiger charge is 2.26. The Labute approximate surface area is 152 Å². The van der Waals surface area contributed by atoms with E-state index in [0.717, 1.165) is 19.3 Å². The zero-order chi connectivity index (χ0) is 18.4. The number of nitriles is 1. The van der Waals surface area contributed by atoms with Gasteiger partial charge in [-0.25, -0.2) is 9.78 Å². The molecule has 2 rings (SSSR count). The lowest BCUT2D eigenvalue weighted by atomic mass is 9.94. The van der Waals surface area contributed by atoms with E-state index >= 15 is 0 Å². The number of hydrogen-bond acceptors (Lipinski definition) is 6. The zero-order valence-electron chi connectivity index (χ0n) is 14.8. The van der Waals surface area contributed by atoms with Gasteiger partial charge in [0.25, 0.3) is 0 Å². The normalized spacial score (nSPS) is 15.6. The maximum atomic E-state index is 12.0. The highest BCUT2D eigenvalue weighted by atomic mass is 35.5. The van der Waals surface area contributed by atoms with E-state index in [1.54, 1.807) is 4.90 Å². The summed E-state index contributed by atoms with van der Waals surface area (Å²) in [5.41, 5.74) is -0.469. The molecule has 1 amide bonds. The molecule has 0 unspecified atom stereocenters. The molecule has 1 aromatic rings. The quantitative estimate of drug-likeness (QED) is 0.758. The molecule has 1 saturated heterocycles. The van der Waals surface area contributed by atoms with Crippen LogP contribution in [0.25, 0.3) is 0 Å². The fourth-order valence-corrected chi connectivity index (χ4v) is 2.76. The molecule has 0 bridgehead atoms. The summed E-state index contributed by atoms with van der Waals surface area (Å²) in [6.45, 7) is 7.47. The van der Waals surface area contributed by atoms with Crippen LogP contribution in [0.15, 0.2) is 6.07 Å². The van der Waals surface area contributed by atoms with Crippen molar-refractivity contribution >= 4 is 17.7 Å². The molecule has 1 aliphatic rings. The molecule has 1 aromatic heterocycles. The van der Waals surface area contributed by atoms with Crippen molar-refractivity contribution in [2.45, 2.75) is 45.6 Å². The van der Waals surface area contributed by atoms with Crippen LogP contribution in [-0.2, 0) is 4.74 Å². The topological polar surface area (TPSA) is 88.3 Å². The van der Waals surface area contributed by atoms with E-state index in [1.165, 1.54) is 6.07 Å². The Kier molecular flexibility index (Phi) is 6.43. The van der Waals surface area contributed by atoms with Gasteiger partial charge in [0, 0.05) is 19.2 Å². The molecule has 0 aliphatic carbocycles. The summed E-state index contributed by atoms with van der Waals surface area (Å²) >= 11 is 5.82. The third-order valence-electron chi connectivity index (χ3n) is 3.81. The second-order valence-corrected chi connectivity index (χ2v) is 7.40. The Bertz CT molecular complexity index is 646. The lowest BCUT2D eigenvalue weighted by Gasteiger charge is -2.33. The van der Waals surface area contributed by atoms with Crippen molar-refractivity contribution < 1.29 is 14.3 Å². The van der Waals surface area contributed by atoms with E-state index in [4.69, 9.17) is 26.3 Å². The molecule has 0 aromatic carbocycles. The first kappa shape index (κ1) is 19.3. The number of rotatable bonds is 4. The minimum absolute atomic E-state index is 0.00633. The van der Waals surface area contributed by atoms with Crippen LogP contribution >= 0.6 is 11.6 Å². The van der Waals surface area contributed by atoms with Gasteiger partial charge in [-0.15, -0.1) is 0 Å². The molecule has 8 heteroatoms. The highest BCUT2D eigenvalue weighted by Crippen LogP contribution is 2.23. The van der Waals surface area contributed by atoms with Gasteiger partial charge < -0.3 is 14.4 Å². The first-order valence-electron chi connectivity index (χ1n) is 8.32. The Hall–Kier alpha value is -2.07. The van der Waals surface area contributed by atoms with Crippen molar-refractivity contribution in [3.63, 3.8) is 0 Å². The Morgan fingerprint density at radius 1 is 1.40 bits per heavy atom. The van der Waals surface area contributed by atoms with Crippen molar-refractivity contribution in [1.29, 1.82) is 5.26 Å². The van der Waals surface area contributed by atoms with Crippen molar-refractivity contribution in [2.24, 2.45) is 5.92 Å². The van der Waals surface area contributed by atoms with Crippen LogP contribution in [0.1, 0.15) is 45.9 Å². The van der Waals surface area contributed by atoms with Crippen LogP contribution in [0.4, 0.5) is 4.79 Å². The summed E-state index contributed by atoms with van der Waals surface area (Å²) < 4.78 is 11.0. The van der Waals surface area contributed by atoms with Crippen molar-refractivity contribution in [3.8, 4) is 11.9 Å². The number of likely N-dealkylation sites (tertiary alicyclic amines) is 1. The molecule has 7 nitrogen and oxygen atoms in total. The number of amides is 1. The van der Waals surface area contributed by atoms with E-state index in [1.807, 2.05) is 26.8 Å². The number of aromatic nitrogens is 2.